The molecule has 0 saturated carbocycles. The Bertz CT molecular complexity index is 1920. The van der Waals surface area contributed by atoms with Gasteiger partial charge in [-0.2, -0.15) is 0 Å². The van der Waals surface area contributed by atoms with Crippen molar-refractivity contribution in [1.29, 1.82) is 0 Å². The minimum atomic E-state index is -1.98. The molecule has 0 aromatic heterocycles. The van der Waals surface area contributed by atoms with E-state index in [2.05, 4.69) is 67.8 Å². The fourth-order valence-electron chi connectivity index (χ4n) is 12.3. The van der Waals surface area contributed by atoms with Crippen LogP contribution in [0.25, 0.3) is 0 Å². The molecule has 3 aliphatic heterocycles. The minimum absolute atomic E-state index is 0.237. The summed E-state index contributed by atoms with van der Waals surface area (Å²) in [5.41, 5.74) is 0. The molecule has 3 saturated heterocycles. The van der Waals surface area contributed by atoms with Crippen molar-refractivity contribution < 1.29 is 89.4 Å². The number of hydrogen-bond acceptors (Lipinski definition) is 18. The van der Waals surface area contributed by atoms with E-state index >= 15 is 0 Å². The molecule has 17 unspecified atom stereocenters. The highest BCUT2D eigenvalue weighted by Gasteiger charge is 2.53. The number of aliphatic hydroxyl groups is 11. The number of hydrogen-bond donors (Lipinski definition) is 12. The van der Waals surface area contributed by atoms with Crippen molar-refractivity contribution >= 4 is 5.91 Å². The van der Waals surface area contributed by atoms with Gasteiger partial charge in [-0.25, -0.2) is 0 Å². The predicted octanol–water partition coefficient (Wildman–Crippen LogP) is 10.7. The first kappa shape index (κ1) is 84.7. The molecule has 17 atom stereocenters. The lowest BCUT2D eigenvalue weighted by Gasteiger charge is -2.48. The molecule has 3 rings (SSSR count). The highest BCUT2D eigenvalue weighted by Crippen LogP contribution is 2.33. The van der Waals surface area contributed by atoms with Crippen LogP contribution in [-0.2, 0) is 33.2 Å². The zero-order chi connectivity index (χ0) is 67.5. The van der Waals surface area contributed by atoms with E-state index < -0.39 is 124 Å². The molecule has 0 aromatic carbocycles. The van der Waals surface area contributed by atoms with Gasteiger partial charge in [0.25, 0.3) is 0 Å². The molecule has 0 aliphatic carbocycles. The van der Waals surface area contributed by atoms with Crippen LogP contribution in [-0.4, -0.2) is 193 Å². The van der Waals surface area contributed by atoms with Gasteiger partial charge in [0, 0.05) is 6.42 Å². The van der Waals surface area contributed by atoms with Crippen LogP contribution in [0.3, 0.4) is 0 Å². The van der Waals surface area contributed by atoms with Crippen LogP contribution in [0.1, 0.15) is 271 Å². The van der Waals surface area contributed by atoms with Crippen LogP contribution >= 0.6 is 0 Å². The van der Waals surface area contributed by atoms with Gasteiger partial charge >= 0.3 is 0 Å². The summed E-state index contributed by atoms with van der Waals surface area (Å²) in [5, 5.41) is 120. The summed E-state index contributed by atoms with van der Waals surface area (Å²) < 4.78 is 34.3. The molecule has 0 aromatic rings. The van der Waals surface area contributed by atoms with Crippen molar-refractivity contribution in [3.63, 3.8) is 0 Å². The molecule has 1 amide bonds. The van der Waals surface area contributed by atoms with Gasteiger partial charge in [-0.1, -0.05) is 254 Å². The minimum Gasteiger partial charge on any atom is -0.394 e. The Labute approximate surface area is 560 Å². The van der Waals surface area contributed by atoms with Gasteiger partial charge in [-0.05, 0) is 70.6 Å². The lowest BCUT2D eigenvalue weighted by molar-refractivity contribution is -0.379. The average molecular weight is 1320 g/mol. The summed E-state index contributed by atoms with van der Waals surface area (Å²) in [6.07, 6.45) is 42.5. The fraction of sp³-hybridized carbons (Fsp3) is 0.851. The van der Waals surface area contributed by atoms with Gasteiger partial charge in [-0.3, -0.25) is 4.79 Å². The fourth-order valence-corrected chi connectivity index (χ4v) is 12.3. The predicted molar refractivity (Wildman–Crippen MR) is 365 cm³/mol. The second kappa shape index (κ2) is 55.4. The Morgan fingerprint density at radius 1 is 0.387 bits per heavy atom. The summed E-state index contributed by atoms with van der Waals surface area (Å²) in [6, 6.07) is -0.989. The van der Waals surface area contributed by atoms with Crippen LogP contribution in [0.15, 0.2) is 60.8 Å². The molecule has 0 radical (unpaired) electrons. The van der Waals surface area contributed by atoms with Crippen molar-refractivity contribution in [3.8, 4) is 0 Å². The zero-order valence-corrected chi connectivity index (χ0v) is 57.5. The normalized spacial score (nSPS) is 27.9. The van der Waals surface area contributed by atoms with E-state index in [9.17, 15) is 61.0 Å². The van der Waals surface area contributed by atoms with Crippen LogP contribution < -0.4 is 5.32 Å². The molecular weight excluding hydrogens is 1190 g/mol. The molecule has 19 nitrogen and oxygen atoms in total. The number of rotatable bonds is 57. The monoisotopic (exact) mass is 1320 g/mol. The van der Waals surface area contributed by atoms with Gasteiger partial charge in [0.05, 0.1) is 38.6 Å². The summed E-state index contributed by atoms with van der Waals surface area (Å²) in [5.74, 6) is -0.285. The molecule has 3 fully saturated rings. The van der Waals surface area contributed by atoms with Crippen LogP contribution in [0.2, 0.25) is 0 Å². The number of aliphatic hydroxyl groups excluding tert-OH is 11. The molecule has 3 aliphatic rings. The average Bonchev–Trinajstić information content (AvgIpc) is 0.805. The Kier molecular flexibility index (Phi) is 50.4. The van der Waals surface area contributed by atoms with Crippen molar-refractivity contribution in [3.05, 3.63) is 60.8 Å². The summed E-state index contributed by atoms with van der Waals surface area (Å²) in [7, 11) is 0. The standard InChI is InChI=1S/C74H133NO18/c1-3-5-7-9-11-13-15-16-17-18-19-20-21-22-23-24-25-26-27-28-29-30-31-32-33-34-35-36-37-38-39-40-42-44-46-48-50-52-62(80)75-57(58(79)51-49-47-45-43-41-14-12-10-8-6-4-2)56-88-72-68(86)65(83)70(60(54-77)90-72)93-74-69(87)66(84)71(61(55-78)91-74)92-73-67(85)64(82)63(81)59(53-76)89-73/h15-16,18-19,21-22,41,43,49,51,57-61,63-74,76-79,81-87H,3-14,17,20,23-40,42,44-48,50,52-56H2,1-2H3,(H,75,80)/b16-15-,19-18-,22-21-,43-41+,51-49+. The quantitative estimate of drug-likeness (QED) is 0.0199. The maximum absolute atomic E-state index is 13.4. The van der Waals surface area contributed by atoms with E-state index in [1.807, 2.05) is 6.08 Å². The van der Waals surface area contributed by atoms with Crippen molar-refractivity contribution in [2.75, 3.05) is 26.4 Å². The SMILES string of the molecule is CCCCCCC/C=C\C/C=C\C/C=C\CCCCCCCCCCCCCCCCCCCCCCCCC(=O)NC(COC1OC(CO)C(OC2OC(CO)C(OC3OC(CO)C(O)C(O)C3O)C(O)C2O)C(O)C1O)C(O)/C=C/CC/C=C/CCCCCCC. The van der Waals surface area contributed by atoms with Gasteiger partial charge < -0.3 is 89.9 Å². The summed E-state index contributed by atoms with van der Waals surface area (Å²) >= 11 is 0. The first-order valence-electron chi connectivity index (χ1n) is 37.0. The van der Waals surface area contributed by atoms with Gasteiger partial charge in [0.1, 0.15) is 73.2 Å². The van der Waals surface area contributed by atoms with Crippen molar-refractivity contribution in [1.82, 2.24) is 5.32 Å². The largest absolute Gasteiger partial charge is 0.394 e. The maximum Gasteiger partial charge on any atom is 0.220 e. The number of ether oxygens (including phenoxy) is 6. The Hall–Kier alpha value is -2.51. The van der Waals surface area contributed by atoms with Crippen LogP contribution in [0.4, 0.5) is 0 Å². The van der Waals surface area contributed by atoms with Gasteiger partial charge in [0.15, 0.2) is 18.9 Å². The summed E-state index contributed by atoms with van der Waals surface area (Å²) in [4.78, 5) is 13.4. The second-order valence-corrected chi connectivity index (χ2v) is 26.4. The highest BCUT2D eigenvalue weighted by molar-refractivity contribution is 5.76. The Morgan fingerprint density at radius 2 is 0.720 bits per heavy atom. The van der Waals surface area contributed by atoms with Crippen LogP contribution in [0, 0.1) is 0 Å². The number of carbonyl (C=O) groups excluding carboxylic acids is 1. The lowest BCUT2D eigenvalue weighted by Crippen LogP contribution is -2.66. The number of unbranched alkanes of at least 4 members (excludes halogenated alkanes) is 33. The van der Waals surface area contributed by atoms with E-state index in [-0.39, 0.29) is 18.9 Å². The number of carbonyl (C=O) groups is 1. The van der Waals surface area contributed by atoms with Crippen LogP contribution in [0.5, 0.6) is 0 Å². The molecule has 0 bridgehead atoms. The van der Waals surface area contributed by atoms with Gasteiger partial charge in [-0.15, -0.1) is 0 Å². The maximum atomic E-state index is 13.4. The van der Waals surface area contributed by atoms with Crippen molar-refractivity contribution in [2.24, 2.45) is 0 Å². The third-order valence-electron chi connectivity index (χ3n) is 18.3. The molecular formula is C74H133NO18. The third kappa shape index (κ3) is 36.8. The molecule has 19 heteroatoms. The van der Waals surface area contributed by atoms with E-state index in [0.717, 1.165) is 51.4 Å². The first-order chi connectivity index (χ1) is 45.3. The highest BCUT2D eigenvalue weighted by atomic mass is 16.8. The number of nitrogens with one attached hydrogen (secondary N) is 1. The molecule has 12 N–H and O–H groups in total. The molecule has 3 heterocycles. The zero-order valence-electron chi connectivity index (χ0n) is 57.5. The number of amides is 1. The molecule has 542 valence electrons. The first-order valence-corrected chi connectivity index (χ1v) is 37.0. The van der Waals surface area contributed by atoms with E-state index in [0.29, 0.717) is 12.8 Å². The van der Waals surface area contributed by atoms with Crippen molar-refractivity contribution in [2.45, 2.75) is 375 Å². The smallest absolute Gasteiger partial charge is 0.220 e. The molecule has 93 heavy (non-hydrogen) atoms. The number of allylic oxidation sites excluding steroid dienone is 9. The second-order valence-electron chi connectivity index (χ2n) is 26.4. The van der Waals surface area contributed by atoms with E-state index in [1.165, 1.54) is 186 Å². The van der Waals surface area contributed by atoms with Gasteiger partial charge in [0.2, 0.25) is 5.91 Å². The molecule has 0 spiro atoms. The van der Waals surface area contributed by atoms with E-state index in [1.54, 1.807) is 6.08 Å². The topological polar surface area (TPSA) is 307 Å². The Morgan fingerprint density at radius 3 is 1.15 bits per heavy atom. The summed E-state index contributed by atoms with van der Waals surface area (Å²) in [6.45, 7) is 1.67. The Balaban J connectivity index is 1.30. The lowest BCUT2D eigenvalue weighted by atomic mass is 9.96. The third-order valence-corrected chi connectivity index (χ3v) is 18.3. The van der Waals surface area contributed by atoms with E-state index in [4.69, 9.17) is 28.4 Å².